The third-order valence-corrected chi connectivity index (χ3v) is 5.83. The zero-order valence-corrected chi connectivity index (χ0v) is 20.3. The largest absolute Gasteiger partial charge is 0.573 e. The molecule has 2 heterocycles. The molecule has 2 aromatic rings. The van der Waals surface area contributed by atoms with Gasteiger partial charge in [-0.3, -0.25) is 0 Å². The van der Waals surface area contributed by atoms with E-state index in [4.69, 9.17) is 9.47 Å². The van der Waals surface area contributed by atoms with Gasteiger partial charge < -0.3 is 24.4 Å². The van der Waals surface area contributed by atoms with Crippen LogP contribution in [-0.4, -0.2) is 56.9 Å². The van der Waals surface area contributed by atoms with Crippen molar-refractivity contribution in [3.63, 3.8) is 0 Å². The van der Waals surface area contributed by atoms with Crippen LogP contribution in [-0.2, 0) is 4.74 Å². The lowest BCUT2D eigenvalue weighted by Crippen LogP contribution is -2.62. The van der Waals surface area contributed by atoms with Crippen molar-refractivity contribution in [2.75, 3.05) is 18.4 Å². The van der Waals surface area contributed by atoms with E-state index < -0.39 is 12.0 Å². The van der Waals surface area contributed by atoms with E-state index in [1.54, 1.807) is 9.58 Å². The quantitative estimate of drug-likeness (QED) is 0.585. The molecule has 1 saturated heterocycles. The van der Waals surface area contributed by atoms with E-state index >= 15 is 0 Å². The van der Waals surface area contributed by atoms with Crippen LogP contribution in [0, 0.1) is 11.8 Å². The molecule has 1 aromatic heterocycles. The molecule has 1 saturated carbocycles. The van der Waals surface area contributed by atoms with Crippen LogP contribution >= 0.6 is 0 Å². The number of carbonyl (C=O) groups is 1. The molecule has 192 valence electrons. The van der Waals surface area contributed by atoms with E-state index in [0.717, 1.165) is 6.42 Å². The van der Waals surface area contributed by atoms with E-state index in [0.29, 0.717) is 24.8 Å². The number of alkyl halides is 3. The maximum atomic E-state index is 12.4. The van der Waals surface area contributed by atoms with E-state index in [1.807, 2.05) is 34.6 Å². The van der Waals surface area contributed by atoms with E-state index in [9.17, 15) is 18.0 Å². The molecule has 12 heteroatoms. The maximum Gasteiger partial charge on any atom is 0.573 e. The summed E-state index contributed by atoms with van der Waals surface area (Å²) in [5.41, 5.74) is -0.536. The molecule has 4 rings (SSSR count). The van der Waals surface area contributed by atoms with Gasteiger partial charge in [0.2, 0.25) is 5.95 Å². The second-order valence-corrected chi connectivity index (χ2v) is 10.2. The first kappa shape index (κ1) is 24.9. The molecule has 1 aliphatic carbocycles. The van der Waals surface area contributed by atoms with Crippen molar-refractivity contribution in [3.05, 3.63) is 24.3 Å². The molecule has 0 spiro atoms. The Morgan fingerprint density at radius 2 is 1.69 bits per heavy atom. The molecule has 3 atom stereocenters. The predicted molar refractivity (Wildman–Crippen MR) is 120 cm³/mol. The van der Waals surface area contributed by atoms with Crippen molar-refractivity contribution in [1.82, 2.24) is 19.7 Å². The highest BCUT2D eigenvalue weighted by Crippen LogP contribution is 2.42. The van der Waals surface area contributed by atoms with Crippen LogP contribution in [0.1, 0.15) is 47.1 Å². The number of carbonyl (C=O) groups excluding carboxylic acids is 1. The summed E-state index contributed by atoms with van der Waals surface area (Å²) < 4.78 is 53.9. The summed E-state index contributed by atoms with van der Waals surface area (Å²) in [6.45, 7) is 10.6. The Hall–Kier alpha value is -3.18. The molecule has 1 unspecified atom stereocenters. The molecule has 0 radical (unpaired) electrons. The summed E-state index contributed by atoms with van der Waals surface area (Å²) in [5, 5.41) is 7.89. The van der Waals surface area contributed by atoms with Crippen molar-refractivity contribution < 1.29 is 32.2 Å². The Morgan fingerprint density at radius 3 is 2.23 bits per heavy atom. The molecule has 35 heavy (non-hydrogen) atoms. The van der Waals surface area contributed by atoms with Crippen molar-refractivity contribution in [1.29, 1.82) is 0 Å². The second kappa shape index (κ2) is 9.12. The van der Waals surface area contributed by atoms with Crippen molar-refractivity contribution in [2.45, 2.75) is 65.1 Å². The third-order valence-electron chi connectivity index (χ3n) is 5.83. The summed E-state index contributed by atoms with van der Waals surface area (Å²) >= 11 is 0. The highest BCUT2D eigenvalue weighted by molar-refractivity contribution is 5.68. The normalized spacial score (nSPS) is 22.0. The standard InChI is InChI=1S/C23H30F3N5O4/c1-13(2)31-20(33-16-6-8-17(9-7-16)34-23(24,25)26)28-19(29-31)27-18-14-10-15(18)12-30(11-14)21(32)35-22(3,4)5/h6-9,13-15,18H,10-12H2,1-5H3,(H,27,29)/t14-,15?,18-/m0/s1. The predicted octanol–water partition coefficient (Wildman–Crippen LogP) is 5.22. The summed E-state index contributed by atoms with van der Waals surface area (Å²) in [4.78, 5) is 18.6. The molecule has 2 aliphatic rings. The molecule has 1 aromatic carbocycles. The van der Waals surface area contributed by atoms with Gasteiger partial charge in [-0.1, -0.05) is 0 Å². The van der Waals surface area contributed by atoms with Crippen LogP contribution < -0.4 is 14.8 Å². The third kappa shape index (κ3) is 6.09. The van der Waals surface area contributed by atoms with Crippen LogP contribution in [0.25, 0.3) is 0 Å². The van der Waals surface area contributed by atoms with Gasteiger partial charge in [-0.25, -0.2) is 9.48 Å². The Balaban J connectivity index is 1.40. The average molecular weight is 498 g/mol. The fourth-order valence-corrected chi connectivity index (χ4v) is 4.34. The fourth-order valence-electron chi connectivity index (χ4n) is 4.34. The topological polar surface area (TPSA) is 90.7 Å². The highest BCUT2D eigenvalue weighted by Gasteiger charge is 2.49. The average Bonchev–Trinajstić information content (AvgIpc) is 3.14. The summed E-state index contributed by atoms with van der Waals surface area (Å²) in [7, 11) is 0. The smallest absolute Gasteiger partial charge is 0.444 e. The minimum Gasteiger partial charge on any atom is -0.444 e. The summed E-state index contributed by atoms with van der Waals surface area (Å²) in [6, 6.07) is 5.36. The Bertz CT molecular complexity index is 1040. The number of likely N-dealkylation sites (tertiary alicyclic amines) is 1. The number of benzene rings is 1. The van der Waals surface area contributed by atoms with Crippen molar-refractivity contribution in [3.8, 4) is 17.5 Å². The number of amides is 1. The molecule has 2 fully saturated rings. The first-order valence-corrected chi connectivity index (χ1v) is 11.5. The van der Waals surface area contributed by atoms with Crippen molar-refractivity contribution >= 4 is 12.0 Å². The van der Waals surface area contributed by atoms with Gasteiger partial charge in [0.25, 0.3) is 0 Å². The molecular weight excluding hydrogens is 467 g/mol. The Morgan fingerprint density at radius 1 is 1.09 bits per heavy atom. The number of ether oxygens (including phenoxy) is 3. The molecule has 1 aliphatic heterocycles. The van der Waals surface area contributed by atoms with Crippen LogP contribution in [0.3, 0.4) is 0 Å². The number of piperidine rings is 2. The fraction of sp³-hybridized carbons (Fsp3) is 0.609. The van der Waals surface area contributed by atoms with Crippen molar-refractivity contribution in [2.24, 2.45) is 11.8 Å². The first-order chi connectivity index (χ1) is 16.3. The number of anilines is 1. The number of nitrogens with one attached hydrogen (secondary N) is 1. The number of rotatable bonds is 6. The molecule has 1 amide bonds. The van der Waals surface area contributed by atoms with E-state index in [-0.39, 0.29) is 41.8 Å². The van der Waals surface area contributed by atoms with Crippen LogP contribution in [0.4, 0.5) is 23.9 Å². The number of halogens is 3. The number of hydrogen-bond donors (Lipinski definition) is 1. The highest BCUT2D eigenvalue weighted by atomic mass is 19.4. The van der Waals surface area contributed by atoms with Gasteiger partial charge in [0.15, 0.2) is 0 Å². The Kier molecular flexibility index (Phi) is 6.50. The molecule has 2 bridgehead atoms. The Labute approximate surface area is 201 Å². The summed E-state index contributed by atoms with van der Waals surface area (Å²) in [5.74, 6) is 0.884. The van der Waals surface area contributed by atoms with Crippen LogP contribution in [0.15, 0.2) is 24.3 Å². The number of nitrogens with zero attached hydrogens (tertiary/aromatic N) is 4. The van der Waals surface area contributed by atoms with Crippen LogP contribution in [0.5, 0.6) is 17.5 Å². The van der Waals surface area contributed by atoms with E-state index in [2.05, 4.69) is 20.1 Å². The van der Waals surface area contributed by atoms with Gasteiger partial charge in [-0.15, -0.1) is 18.3 Å². The number of hydrogen-bond acceptors (Lipinski definition) is 7. The van der Waals surface area contributed by atoms with Gasteiger partial charge in [-0.2, -0.15) is 4.98 Å². The van der Waals surface area contributed by atoms with Gasteiger partial charge >= 0.3 is 18.5 Å². The van der Waals surface area contributed by atoms with Crippen LogP contribution in [0.2, 0.25) is 0 Å². The summed E-state index contributed by atoms with van der Waals surface area (Å²) in [6.07, 6.45) is -4.04. The lowest BCUT2D eigenvalue weighted by Gasteiger charge is -2.53. The maximum absolute atomic E-state index is 12.4. The second-order valence-electron chi connectivity index (χ2n) is 10.2. The minimum atomic E-state index is -4.76. The molecular formula is C23H30F3N5O4. The zero-order chi connectivity index (χ0) is 25.5. The number of aromatic nitrogens is 3. The van der Waals surface area contributed by atoms with Gasteiger partial charge in [0.05, 0.1) is 6.04 Å². The lowest BCUT2D eigenvalue weighted by molar-refractivity contribution is -0.274. The number of fused-ring (bicyclic) bond motifs is 2. The SMILES string of the molecule is CC(C)n1nc(N[C@@H]2C3C[C@H]2CN(C(=O)OC(C)(C)C)C3)nc1Oc1ccc(OC(F)(F)F)cc1. The zero-order valence-electron chi connectivity index (χ0n) is 20.3. The molecule has 1 N–H and O–H groups in total. The van der Waals surface area contributed by atoms with E-state index in [1.165, 1.54) is 24.3 Å². The van der Waals surface area contributed by atoms with Gasteiger partial charge in [0.1, 0.15) is 17.1 Å². The first-order valence-electron chi connectivity index (χ1n) is 11.5. The monoisotopic (exact) mass is 497 g/mol. The van der Waals surface area contributed by atoms with Gasteiger partial charge in [-0.05, 0) is 77.1 Å². The van der Waals surface area contributed by atoms with Gasteiger partial charge in [0, 0.05) is 19.1 Å². The minimum absolute atomic E-state index is 0.0653. The molecule has 9 nitrogen and oxygen atoms in total. The lowest BCUT2D eigenvalue weighted by atomic mass is 9.66.